The number of allylic oxidation sites excluding steroid dienone is 1. The number of hydrogen-bond donors (Lipinski definition) is 3. The van der Waals surface area contributed by atoms with Crippen molar-refractivity contribution >= 4 is 44.6 Å². The number of amides is 4. The summed E-state index contributed by atoms with van der Waals surface area (Å²) < 4.78 is 45.4. The number of benzene rings is 1. The first kappa shape index (κ1) is 41.2. The van der Waals surface area contributed by atoms with Gasteiger partial charge in [-0.1, -0.05) is 44.6 Å². The number of carbonyl (C=O) groups excluding carboxylic acids is 4. The van der Waals surface area contributed by atoms with Crippen molar-refractivity contribution < 1.29 is 41.8 Å². The highest BCUT2D eigenvalue weighted by molar-refractivity contribution is 7.91. The monoisotopic (exact) mass is 796 g/mol. The van der Waals surface area contributed by atoms with E-state index in [1.807, 2.05) is 50.3 Å². The molecule has 0 spiro atoms. The third-order valence-corrected chi connectivity index (χ3v) is 13.6. The number of carbonyl (C=O) groups is 4. The predicted octanol–water partition coefficient (Wildman–Crippen LogP) is 4.55. The van der Waals surface area contributed by atoms with Crippen LogP contribution < -0.4 is 24.8 Å². The Bertz CT molecular complexity index is 1980. The summed E-state index contributed by atoms with van der Waals surface area (Å²) >= 11 is 0. The van der Waals surface area contributed by atoms with Gasteiger partial charge in [-0.05, 0) is 97.1 Å². The number of nitrogens with zero attached hydrogens (tertiary/aromatic N) is 3. The molecule has 1 aromatic carbocycles. The zero-order chi connectivity index (χ0) is 40.6. The lowest BCUT2D eigenvalue weighted by Crippen LogP contribution is -2.59. The minimum atomic E-state index is -4.01. The molecule has 1 aromatic heterocycles. The zero-order valence-corrected chi connectivity index (χ0v) is 34.2. The van der Waals surface area contributed by atoms with E-state index in [1.54, 1.807) is 27.7 Å². The number of rotatable bonds is 9. The molecule has 7 unspecified atom stereocenters. The molecule has 4 aliphatic rings. The molecular formula is C40H56N6O9S. The van der Waals surface area contributed by atoms with E-state index < -0.39 is 73.8 Å². The van der Waals surface area contributed by atoms with Crippen molar-refractivity contribution in [2.45, 2.75) is 134 Å². The lowest BCUT2D eigenvalue weighted by Gasteiger charge is -2.34. The Balaban J connectivity index is 1.37. The molecule has 15 nitrogen and oxygen atoms in total. The third kappa shape index (κ3) is 8.74. The third-order valence-electron chi connectivity index (χ3n) is 11.5. The second kappa shape index (κ2) is 15.8. The van der Waals surface area contributed by atoms with E-state index in [2.05, 4.69) is 32.5 Å². The van der Waals surface area contributed by atoms with Gasteiger partial charge in [-0.15, -0.1) is 10.2 Å². The Morgan fingerprint density at radius 1 is 1.05 bits per heavy atom. The van der Waals surface area contributed by atoms with Crippen molar-refractivity contribution in [3.05, 3.63) is 36.4 Å². The molecular weight excluding hydrogens is 741 g/mol. The van der Waals surface area contributed by atoms with Crippen LogP contribution >= 0.6 is 0 Å². The van der Waals surface area contributed by atoms with Gasteiger partial charge in [0.15, 0.2) is 0 Å². The molecule has 6 rings (SSSR count). The Kier molecular flexibility index (Phi) is 11.6. The molecule has 3 N–H and O–H groups in total. The largest absolute Gasteiger partial charge is 0.476 e. The van der Waals surface area contributed by atoms with Crippen LogP contribution in [-0.2, 0) is 29.1 Å². The van der Waals surface area contributed by atoms with Crippen LogP contribution in [0.1, 0.15) is 99.8 Å². The number of sulfonamides is 1. The number of ether oxygens (including phenoxy) is 3. The highest BCUT2D eigenvalue weighted by Crippen LogP contribution is 2.47. The van der Waals surface area contributed by atoms with Crippen molar-refractivity contribution in [2.24, 2.45) is 17.8 Å². The molecule has 306 valence electrons. The van der Waals surface area contributed by atoms with Crippen LogP contribution in [0.15, 0.2) is 36.4 Å². The molecule has 3 heterocycles. The van der Waals surface area contributed by atoms with Gasteiger partial charge in [-0.25, -0.2) is 13.2 Å². The van der Waals surface area contributed by atoms with E-state index in [4.69, 9.17) is 14.2 Å². The average molecular weight is 797 g/mol. The molecule has 3 fully saturated rings. The van der Waals surface area contributed by atoms with E-state index in [0.29, 0.717) is 55.4 Å². The minimum Gasteiger partial charge on any atom is -0.476 e. The molecule has 56 heavy (non-hydrogen) atoms. The van der Waals surface area contributed by atoms with E-state index in [9.17, 15) is 27.6 Å². The lowest BCUT2D eigenvalue weighted by molar-refractivity contribution is -0.142. The van der Waals surface area contributed by atoms with Crippen LogP contribution in [0.5, 0.6) is 11.8 Å². The predicted molar refractivity (Wildman–Crippen MR) is 208 cm³/mol. The Labute approximate surface area is 329 Å². The summed E-state index contributed by atoms with van der Waals surface area (Å²) in [7, 11) is -4.01. The van der Waals surface area contributed by atoms with Crippen LogP contribution in [0.4, 0.5) is 4.79 Å². The summed E-state index contributed by atoms with van der Waals surface area (Å²) in [6, 6.07) is 5.14. The van der Waals surface area contributed by atoms with Gasteiger partial charge in [0, 0.05) is 12.3 Å². The highest BCUT2D eigenvalue weighted by Gasteiger charge is 2.63. The maximum atomic E-state index is 14.9. The fourth-order valence-electron chi connectivity index (χ4n) is 7.79. The van der Waals surface area contributed by atoms with E-state index >= 15 is 0 Å². The standard InChI is InChI=1S/C40H56N6O9S/c1-8-25-20-24(3)14-10-11-15-26-22-40(26,36(49)45-56(51,52)39(7)18-19-39)42-32(47)30-21-27(23-46(30)35(48)31(25)41-37(50)55-38(4,5)6)54-34-29-17-13-12-16-28(29)33(43-44-34)53-9-2/h11-13,15-17,24-27,30-31H,8-10,14,18-23H2,1-7H3,(H,41,50)(H,42,47)(H,45,49). The SMILES string of the molecule is CCOc1nnc(OC2CC3C(=O)NC4(C(=O)NS(=O)(=O)C5(C)CC5)CC4C=CCCC(C)CC(CC)C(NC(=O)OC(C)(C)C)C(=O)N3C2)c2ccccc12. The molecule has 2 saturated carbocycles. The van der Waals surface area contributed by atoms with Gasteiger partial charge in [-0.3, -0.25) is 19.1 Å². The summed E-state index contributed by atoms with van der Waals surface area (Å²) in [6.07, 6.45) is 6.02. The molecule has 7 atom stereocenters. The Hall–Kier alpha value is -4.47. The van der Waals surface area contributed by atoms with Crippen LogP contribution in [0.2, 0.25) is 0 Å². The normalized spacial score (nSPS) is 29.2. The first-order chi connectivity index (χ1) is 26.4. The smallest absolute Gasteiger partial charge is 0.408 e. The molecule has 0 bridgehead atoms. The second-order valence-electron chi connectivity index (χ2n) is 17.1. The van der Waals surface area contributed by atoms with E-state index in [-0.39, 0.29) is 37.1 Å². The molecule has 16 heteroatoms. The van der Waals surface area contributed by atoms with E-state index in [0.717, 1.165) is 6.42 Å². The van der Waals surface area contributed by atoms with Crippen molar-refractivity contribution in [1.82, 2.24) is 30.5 Å². The zero-order valence-electron chi connectivity index (χ0n) is 33.4. The first-order valence-electron chi connectivity index (χ1n) is 19.8. The summed E-state index contributed by atoms with van der Waals surface area (Å²) in [5.74, 6) is -2.01. The van der Waals surface area contributed by atoms with Crippen molar-refractivity contribution in [3.8, 4) is 11.8 Å². The number of fused-ring (bicyclic) bond motifs is 3. The molecule has 0 radical (unpaired) electrons. The van der Waals surface area contributed by atoms with Crippen molar-refractivity contribution in [1.29, 1.82) is 0 Å². The number of hydrogen-bond acceptors (Lipinski definition) is 11. The Morgan fingerprint density at radius 2 is 1.73 bits per heavy atom. The fourth-order valence-corrected chi connectivity index (χ4v) is 9.10. The lowest BCUT2D eigenvalue weighted by atomic mass is 9.85. The summed E-state index contributed by atoms with van der Waals surface area (Å²) in [5.41, 5.74) is -2.37. The van der Waals surface area contributed by atoms with Gasteiger partial charge >= 0.3 is 6.09 Å². The van der Waals surface area contributed by atoms with Crippen LogP contribution in [0.25, 0.3) is 10.8 Å². The van der Waals surface area contributed by atoms with Gasteiger partial charge in [0.1, 0.15) is 29.3 Å². The van der Waals surface area contributed by atoms with Crippen LogP contribution in [-0.4, -0.2) is 94.6 Å². The topological polar surface area (TPSA) is 195 Å². The molecule has 2 aliphatic carbocycles. The molecule has 4 amide bonds. The summed E-state index contributed by atoms with van der Waals surface area (Å²) in [6.45, 7) is 13.0. The second-order valence-corrected chi connectivity index (χ2v) is 19.3. The average Bonchev–Trinajstić information content (AvgIpc) is 4.01. The molecule has 1 saturated heterocycles. The van der Waals surface area contributed by atoms with Gasteiger partial charge in [0.25, 0.3) is 5.91 Å². The van der Waals surface area contributed by atoms with Gasteiger partial charge in [0.2, 0.25) is 33.6 Å². The van der Waals surface area contributed by atoms with Gasteiger partial charge in [-0.2, -0.15) is 0 Å². The van der Waals surface area contributed by atoms with Gasteiger partial charge in [0.05, 0.1) is 28.7 Å². The number of alkyl carbamates (subject to hydrolysis) is 1. The molecule has 2 aliphatic heterocycles. The van der Waals surface area contributed by atoms with Crippen LogP contribution in [0, 0.1) is 17.8 Å². The fraction of sp³-hybridized carbons (Fsp3) is 0.650. The number of aromatic nitrogens is 2. The molecule has 2 aromatic rings. The summed E-state index contributed by atoms with van der Waals surface area (Å²) in [5, 5.41) is 15.6. The first-order valence-corrected chi connectivity index (χ1v) is 21.3. The maximum absolute atomic E-state index is 14.9. The Morgan fingerprint density at radius 3 is 2.38 bits per heavy atom. The number of nitrogens with one attached hydrogen (secondary N) is 3. The van der Waals surface area contributed by atoms with Crippen molar-refractivity contribution in [3.63, 3.8) is 0 Å². The summed E-state index contributed by atoms with van der Waals surface area (Å²) in [4.78, 5) is 58.2. The van der Waals surface area contributed by atoms with E-state index in [1.165, 1.54) is 4.90 Å². The highest BCUT2D eigenvalue weighted by atomic mass is 32.2. The maximum Gasteiger partial charge on any atom is 0.408 e. The van der Waals surface area contributed by atoms with Crippen LogP contribution in [0.3, 0.4) is 0 Å². The van der Waals surface area contributed by atoms with Gasteiger partial charge < -0.3 is 29.7 Å². The minimum absolute atomic E-state index is 0.0156. The quantitative estimate of drug-likeness (QED) is 0.302. The van der Waals surface area contributed by atoms with Crippen molar-refractivity contribution in [2.75, 3.05) is 13.2 Å².